The number of nitrogens with zero attached hydrogens (tertiary/aromatic N) is 5. The van der Waals surface area contributed by atoms with E-state index in [1.165, 1.54) is 36.2 Å². The molecule has 4 rings (SSSR count). The van der Waals surface area contributed by atoms with Crippen LogP contribution < -0.4 is 0 Å². The summed E-state index contributed by atoms with van der Waals surface area (Å²) in [4.78, 5) is 26.8. The molecule has 2 saturated heterocycles. The van der Waals surface area contributed by atoms with E-state index in [2.05, 4.69) is 21.8 Å². The molecule has 0 radical (unpaired) electrons. The van der Waals surface area contributed by atoms with E-state index in [1.54, 1.807) is 13.4 Å². The second-order valence-corrected chi connectivity index (χ2v) is 13.6. The summed E-state index contributed by atoms with van der Waals surface area (Å²) < 4.78 is 25.3. The minimum Gasteiger partial charge on any atom is -0.337 e. The molecule has 8 nitrogen and oxygen atoms in total. The molecule has 2 atom stereocenters. The smallest absolute Gasteiger partial charge is 0.272 e. The molecule has 2 aliphatic heterocycles. The fourth-order valence-electron chi connectivity index (χ4n) is 6.59. The maximum atomic E-state index is 13.4. The van der Waals surface area contributed by atoms with Crippen LogP contribution in [0.5, 0.6) is 0 Å². The van der Waals surface area contributed by atoms with Crippen molar-refractivity contribution in [1.82, 2.24) is 24.1 Å². The van der Waals surface area contributed by atoms with Crippen LogP contribution in [-0.4, -0.2) is 90.0 Å². The molecule has 1 saturated carbocycles. The van der Waals surface area contributed by atoms with Gasteiger partial charge in [0.25, 0.3) is 5.91 Å². The van der Waals surface area contributed by atoms with Crippen LogP contribution >= 0.6 is 0 Å². The number of aryl methyl sites for hydroxylation is 1. The van der Waals surface area contributed by atoms with Gasteiger partial charge < -0.3 is 9.80 Å². The van der Waals surface area contributed by atoms with E-state index >= 15 is 0 Å². The van der Waals surface area contributed by atoms with Gasteiger partial charge in [-0.2, -0.15) is 0 Å². The quantitative estimate of drug-likeness (QED) is 0.548. The Bertz CT molecular complexity index is 1000. The van der Waals surface area contributed by atoms with E-state index in [9.17, 15) is 13.2 Å². The van der Waals surface area contributed by atoms with Gasteiger partial charge in [-0.3, -0.25) is 4.79 Å². The van der Waals surface area contributed by atoms with Crippen LogP contribution in [0.25, 0.3) is 0 Å². The number of rotatable bonds is 7. The van der Waals surface area contributed by atoms with E-state index in [4.69, 9.17) is 0 Å². The summed E-state index contributed by atoms with van der Waals surface area (Å²) in [6.07, 6.45) is 13.9. The SMILES string of the molecule is Cc1c(CCC2CCCC(C)C2)ncnc1C(=O)N1CCC(N2CCC(N(C)S(C)(=O)=O)CC2)CC1. The molecule has 1 amide bonds. The average molecular weight is 520 g/mol. The Balaban J connectivity index is 1.28. The maximum absolute atomic E-state index is 13.4. The first kappa shape index (κ1) is 27.5. The standard InChI is InChI=1S/C27H45N5O3S/c1-20-6-5-7-22(18-20)8-9-25-21(2)26(29-19-28-25)27(33)32-16-12-24(13-17-32)31-14-10-23(11-15-31)30(3)36(4,34)35/h19-20,22-24H,5-18H2,1-4H3. The van der Waals surface area contributed by atoms with Crippen LogP contribution in [0.1, 0.15) is 86.5 Å². The molecular weight excluding hydrogens is 474 g/mol. The van der Waals surface area contributed by atoms with E-state index in [1.807, 2.05) is 11.8 Å². The normalized spacial score (nSPS) is 25.4. The Morgan fingerprint density at radius 1 is 1.06 bits per heavy atom. The molecule has 2 unspecified atom stereocenters. The lowest BCUT2D eigenvalue weighted by Gasteiger charge is -2.43. The lowest BCUT2D eigenvalue weighted by Crippen LogP contribution is -2.52. The van der Waals surface area contributed by atoms with Crippen molar-refractivity contribution < 1.29 is 13.2 Å². The molecule has 1 aromatic rings. The number of hydrogen-bond acceptors (Lipinski definition) is 6. The zero-order chi connectivity index (χ0) is 25.9. The molecule has 1 aromatic heterocycles. The number of carbonyl (C=O) groups excluding carboxylic acids is 1. The van der Waals surface area contributed by atoms with E-state index in [-0.39, 0.29) is 11.9 Å². The highest BCUT2D eigenvalue weighted by atomic mass is 32.2. The van der Waals surface area contributed by atoms with Gasteiger partial charge in [-0.05, 0) is 76.8 Å². The number of sulfonamides is 1. The Kier molecular flexibility index (Phi) is 9.05. The first-order valence-electron chi connectivity index (χ1n) is 13.9. The zero-order valence-electron chi connectivity index (χ0n) is 22.7. The van der Waals surface area contributed by atoms with Crippen molar-refractivity contribution in [3.05, 3.63) is 23.3 Å². The summed E-state index contributed by atoms with van der Waals surface area (Å²) in [5.41, 5.74) is 2.55. The maximum Gasteiger partial charge on any atom is 0.272 e. The lowest BCUT2D eigenvalue weighted by molar-refractivity contribution is 0.0542. The number of aromatic nitrogens is 2. The minimum atomic E-state index is -3.15. The number of carbonyl (C=O) groups is 1. The predicted molar refractivity (Wildman–Crippen MR) is 142 cm³/mol. The number of likely N-dealkylation sites (tertiary alicyclic amines) is 2. The molecule has 3 heterocycles. The fourth-order valence-corrected chi connectivity index (χ4v) is 7.34. The summed E-state index contributed by atoms with van der Waals surface area (Å²) in [5.74, 6) is 1.64. The molecular formula is C27H45N5O3S. The van der Waals surface area contributed by atoms with E-state index in [0.29, 0.717) is 11.7 Å². The number of hydrogen-bond donors (Lipinski definition) is 0. The summed E-state index contributed by atoms with van der Waals surface area (Å²) in [7, 11) is -1.46. The van der Waals surface area contributed by atoms with Crippen molar-refractivity contribution in [1.29, 1.82) is 0 Å². The van der Waals surface area contributed by atoms with Gasteiger partial charge in [0, 0.05) is 43.5 Å². The third kappa shape index (κ3) is 6.64. The molecule has 0 aromatic carbocycles. The van der Waals surface area contributed by atoms with Crippen molar-refractivity contribution in [2.75, 3.05) is 39.5 Å². The molecule has 0 spiro atoms. The Morgan fingerprint density at radius 3 is 2.39 bits per heavy atom. The summed E-state index contributed by atoms with van der Waals surface area (Å²) in [6.45, 7) is 7.68. The predicted octanol–water partition coefficient (Wildman–Crippen LogP) is 3.50. The third-order valence-electron chi connectivity index (χ3n) is 9.03. The summed E-state index contributed by atoms with van der Waals surface area (Å²) in [6, 6.07) is 0.549. The highest BCUT2D eigenvalue weighted by Gasteiger charge is 2.33. The van der Waals surface area contributed by atoms with Gasteiger partial charge in [-0.25, -0.2) is 22.7 Å². The summed E-state index contributed by atoms with van der Waals surface area (Å²) >= 11 is 0. The second kappa shape index (κ2) is 11.9. The monoisotopic (exact) mass is 519 g/mol. The Morgan fingerprint density at radius 2 is 1.75 bits per heavy atom. The van der Waals surface area contributed by atoms with Crippen LogP contribution in [0, 0.1) is 18.8 Å². The Labute approximate surface area is 217 Å². The molecule has 36 heavy (non-hydrogen) atoms. The highest BCUT2D eigenvalue weighted by Crippen LogP contribution is 2.32. The van der Waals surface area contributed by atoms with Gasteiger partial charge in [-0.15, -0.1) is 0 Å². The molecule has 3 fully saturated rings. The van der Waals surface area contributed by atoms with Crippen LogP contribution in [0.3, 0.4) is 0 Å². The van der Waals surface area contributed by atoms with Gasteiger partial charge in [-0.1, -0.05) is 26.2 Å². The molecule has 3 aliphatic rings. The first-order valence-corrected chi connectivity index (χ1v) is 15.7. The van der Waals surface area contributed by atoms with Crippen molar-refractivity contribution in [2.45, 2.75) is 90.1 Å². The van der Waals surface area contributed by atoms with Crippen molar-refractivity contribution in [3.63, 3.8) is 0 Å². The van der Waals surface area contributed by atoms with E-state index < -0.39 is 10.0 Å². The average Bonchev–Trinajstić information content (AvgIpc) is 2.87. The van der Waals surface area contributed by atoms with Crippen molar-refractivity contribution in [2.24, 2.45) is 11.8 Å². The summed E-state index contributed by atoms with van der Waals surface area (Å²) in [5, 5.41) is 0. The van der Waals surface area contributed by atoms with Gasteiger partial charge >= 0.3 is 0 Å². The van der Waals surface area contributed by atoms with Gasteiger partial charge in [0.1, 0.15) is 12.0 Å². The molecule has 202 valence electrons. The van der Waals surface area contributed by atoms with Crippen molar-refractivity contribution >= 4 is 15.9 Å². The Hall–Kier alpha value is -1.58. The van der Waals surface area contributed by atoms with Gasteiger partial charge in [0.05, 0.1) is 6.26 Å². The van der Waals surface area contributed by atoms with Gasteiger partial charge in [0.2, 0.25) is 10.0 Å². The molecule has 0 N–H and O–H groups in total. The second-order valence-electron chi connectivity index (χ2n) is 11.5. The molecule has 1 aliphatic carbocycles. The van der Waals surface area contributed by atoms with Crippen LogP contribution in [0.2, 0.25) is 0 Å². The largest absolute Gasteiger partial charge is 0.337 e. The van der Waals surface area contributed by atoms with Crippen LogP contribution in [-0.2, 0) is 16.4 Å². The van der Waals surface area contributed by atoms with Gasteiger partial charge in [0.15, 0.2) is 0 Å². The highest BCUT2D eigenvalue weighted by molar-refractivity contribution is 7.88. The van der Waals surface area contributed by atoms with Crippen LogP contribution in [0.15, 0.2) is 6.33 Å². The van der Waals surface area contributed by atoms with E-state index in [0.717, 1.165) is 87.8 Å². The number of amides is 1. The third-order valence-corrected chi connectivity index (χ3v) is 10.4. The minimum absolute atomic E-state index is 0.0365. The lowest BCUT2D eigenvalue weighted by atomic mass is 9.80. The number of piperidine rings is 2. The topological polar surface area (TPSA) is 86.7 Å². The van der Waals surface area contributed by atoms with Crippen LogP contribution in [0.4, 0.5) is 0 Å². The first-order chi connectivity index (χ1) is 17.1. The van der Waals surface area contributed by atoms with Crippen molar-refractivity contribution in [3.8, 4) is 0 Å². The molecule has 0 bridgehead atoms. The zero-order valence-corrected chi connectivity index (χ0v) is 23.5. The molecule has 9 heteroatoms. The fraction of sp³-hybridized carbons (Fsp3) is 0.815.